The summed E-state index contributed by atoms with van der Waals surface area (Å²) in [6.07, 6.45) is 4.08. The molecular formula is C15H16O4. The minimum Gasteiger partial charge on any atom is -0.457 e. The van der Waals surface area contributed by atoms with E-state index in [2.05, 4.69) is 23.7 Å². The highest BCUT2D eigenvalue weighted by Crippen LogP contribution is 2.29. The highest BCUT2D eigenvalue weighted by molar-refractivity contribution is 5.66. The van der Waals surface area contributed by atoms with Gasteiger partial charge in [0.05, 0.1) is 6.26 Å². The van der Waals surface area contributed by atoms with Gasteiger partial charge >= 0.3 is 5.97 Å². The van der Waals surface area contributed by atoms with Crippen molar-refractivity contribution in [3.05, 3.63) is 24.2 Å². The van der Waals surface area contributed by atoms with Gasteiger partial charge in [-0.25, -0.2) is 0 Å². The van der Waals surface area contributed by atoms with E-state index in [1.54, 1.807) is 32.9 Å². The van der Waals surface area contributed by atoms with Gasteiger partial charge in [-0.05, 0) is 31.8 Å². The minimum absolute atomic E-state index is 0.394. The van der Waals surface area contributed by atoms with Crippen LogP contribution in [0.1, 0.15) is 27.7 Å². The van der Waals surface area contributed by atoms with Crippen LogP contribution >= 0.6 is 0 Å². The zero-order chi connectivity index (χ0) is 14.3. The average molecular weight is 260 g/mol. The van der Waals surface area contributed by atoms with Crippen molar-refractivity contribution in [3.63, 3.8) is 0 Å². The highest BCUT2D eigenvalue weighted by Gasteiger charge is 2.42. The van der Waals surface area contributed by atoms with Crippen molar-refractivity contribution in [3.8, 4) is 23.7 Å². The molecule has 4 heteroatoms. The Labute approximate surface area is 113 Å². The molecule has 0 aromatic carbocycles. The number of carbonyl (C=O) groups excluding carboxylic acids is 1. The summed E-state index contributed by atoms with van der Waals surface area (Å²) in [5, 5.41) is 0. The van der Waals surface area contributed by atoms with Crippen molar-refractivity contribution in [2.45, 2.75) is 39.6 Å². The molecule has 0 radical (unpaired) electrons. The van der Waals surface area contributed by atoms with E-state index in [0.717, 1.165) is 0 Å². The van der Waals surface area contributed by atoms with Crippen LogP contribution in [0, 0.1) is 23.7 Å². The second-order valence-corrected chi connectivity index (χ2v) is 3.99. The Morgan fingerprint density at radius 3 is 2.79 bits per heavy atom. The molecular weight excluding hydrogens is 244 g/mol. The molecule has 1 aliphatic heterocycles. The lowest BCUT2D eigenvalue weighted by molar-refractivity contribution is -0.212. The first-order chi connectivity index (χ1) is 8.98. The molecule has 2 atom stereocenters. The van der Waals surface area contributed by atoms with Gasteiger partial charge in [0, 0.05) is 19.9 Å². The van der Waals surface area contributed by atoms with Gasteiger partial charge in [-0.2, -0.15) is 0 Å². The Morgan fingerprint density at radius 2 is 2.16 bits per heavy atom. The van der Waals surface area contributed by atoms with Crippen molar-refractivity contribution >= 4 is 5.97 Å². The van der Waals surface area contributed by atoms with E-state index < -0.39 is 17.9 Å². The molecule has 1 aliphatic rings. The Morgan fingerprint density at radius 1 is 1.42 bits per heavy atom. The molecule has 0 fully saturated rings. The lowest BCUT2D eigenvalue weighted by Crippen LogP contribution is -2.41. The summed E-state index contributed by atoms with van der Waals surface area (Å²) < 4.78 is 16.1. The largest absolute Gasteiger partial charge is 0.457 e. The molecule has 1 heterocycles. The first-order valence-electron chi connectivity index (χ1n) is 5.77. The van der Waals surface area contributed by atoms with Crippen LogP contribution in [0.3, 0.4) is 0 Å². The molecule has 19 heavy (non-hydrogen) atoms. The Bertz CT molecular complexity index is 522. The van der Waals surface area contributed by atoms with Crippen LogP contribution in [-0.2, 0) is 19.0 Å². The van der Waals surface area contributed by atoms with E-state index in [-0.39, 0.29) is 0 Å². The standard InChI is InChI=1S/C15H16O4/c1-5-6-7-8-9-12(2)19-15(4)14(10-11-17-15)18-13(3)16/h9-11,14H,1-4H3. The zero-order valence-electron chi connectivity index (χ0n) is 11.4. The van der Waals surface area contributed by atoms with Crippen LogP contribution in [0.25, 0.3) is 0 Å². The lowest BCUT2D eigenvalue weighted by Gasteiger charge is -2.30. The van der Waals surface area contributed by atoms with Gasteiger partial charge < -0.3 is 14.2 Å². The van der Waals surface area contributed by atoms with Crippen molar-refractivity contribution in [1.82, 2.24) is 0 Å². The number of hydrogen-bond acceptors (Lipinski definition) is 4. The van der Waals surface area contributed by atoms with E-state index in [9.17, 15) is 4.79 Å². The summed E-state index contributed by atoms with van der Waals surface area (Å²) in [7, 11) is 0. The van der Waals surface area contributed by atoms with Gasteiger partial charge in [0.25, 0.3) is 5.79 Å². The molecule has 0 saturated heterocycles. The minimum atomic E-state index is -1.07. The number of rotatable bonds is 3. The molecule has 0 amide bonds. The maximum Gasteiger partial charge on any atom is 0.303 e. The van der Waals surface area contributed by atoms with Crippen molar-refractivity contribution in [2.24, 2.45) is 0 Å². The molecule has 1 rings (SSSR count). The molecule has 100 valence electrons. The fourth-order valence-electron chi connectivity index (χ4n) is 1.48. The molecule has 0 saturated carbocycles. The maximum absolute atomic E-state index is 11.0. The number of allylic oxidation sites excluding steroid dienone is 2. The van der Waals surface area contributed by atoms with Crippen molar-refractivity contribution < 1.29 is 19.0 Å². The number of hydrogen-bond donors (Lipinski definition) is 0. The monoisotopic (exact) mass is 260 g/mol. The average Bonchev–Trinajstić information content (AvgIpc) is 2.65. The predicted molar refractivity (Wildman–Crippen MR) is 70.3 cm³/mol. The second kappa shape index (κ2) is 6.56. The first-order valence-corrected chi connectivity index (χ1v) is 5.77. The second-order valence-electron chi connectivity index (χ2n) is 3.99. The zero-order valence-corrected chi connectivity index (χ0v) is 11.4. The van der Waals surface area contributed by atoms with Gasteiger partial charge in [-0.1, -0.05) is 11.8 Å². The van der Waals surface area contributed by atoms with Crippen LogP contribution < -0.4 is 0 Å². The first kappa shape index (κ1) is 14.7. The number of esters is 1. The van der Waals surface area contributed by atoms with Crippen molar-refractivity contribution in [2.75, 3.05) is 0 Å². The smallest absolute Gasteiger partial charge is 0.303 e. The van der Waals surface area contributed by atoms with Gasteiger partial charge in [0.15, 0.2) is 6.10 Å². The third kappa shape index (κ3) is 4.44. The fraction of sp³-hybridized carbons (Fsp3) is 0.400. The van der Waals surface area contributed by atoms with Crippen LogP contribution in [0.4, 0.5) is 0 Å². The summed E-state index contributed by atoms with van der Waals surface area (Å²) in [6, 6.07) is 0. The topological polar surface area (TPSA) is 44.8 Å². The summed E-state index contributed by atoms with van der Waals surface area (Å²) in [6.45, 7) is 6.48. The van der Waals surface area contributed by atoms with E-state index in [1.807, 2.05) is 0 Å². The Hall–Kier alpha value is -2.33. The molecule has 4 nitrogen and oxygen atoms in total. The van der Waals surface area contributed by atoms with Gasteiger partial charge in [-0.15, -0.1) is 0 Å². The molecule has 2 unspecified atom stereocenters. The third-order valence-corrected chi connectivity index (χ3v) is 2.26. The van der Waals surface area contributed by atoms with Crippen molar-refractivity contribution in [1.29, 1.82) is 0 Å². The van der Waals surface area contributed by atoms with E-state index in [0.29, 0.717) is 5.76 Å². The number of carbonyl (C=O) groups is 1. The van der Waals surface area contributed by atoms with Crippen LogP contribution in [-0.4, -0.2) is 17.9 Å². The fourth-order valence-corrected chi connectivity index (χ4v) is 1.48. The Kier molecular flexibility index (Phi) is 5.09. The lowest BCUT2D eigenvalue weighted by atomic mass is 10.2. The predicted octanol–water partition coefficient (Wildman–Crippen LogP) is 2.13. The van der Waals surface area contributed by atoms with E-state index >= 15 is 0 Å². The molecule has 0 aliphatic carbocycles. The van der Waals surface area contributed by atoms with Crippen LogP contribution in [0.2, 0.25) is 0 Å². The van der Waals surface area contributed by atoms with Gasteiger partial charge in [0.1, 0.15) is 5.76 Å². The van der Waals surface area contributed by atoms with Crippen LogP contribution in [0.5, 0.6) is 0 Å². The molecule has 0 N–H and O–H groups in total. The summed E-state index contributed by atoms with van der Waals surface area (Å²) in [4.78, 5) is 11.0. The molecule has 0 aromatic heterocycles. The SMILES string of the molecule is CC#CC#CC=C(C)OC1(C)OC=CC1OC(C)=O. The summed E-state index contributed by atoms with van der Waals surface area (Å²) in [5.74, 6) is 9.75. The van der Waals surface area contributed by atoms with E-state index in [1.165, 1.54) is 13.2 Å². The Balaban J connectivity index is 2.71. The van der Waals surface area contributed by atoms with Crippen LogP contribution in [0.15, 0.2) is 24.2 Å². The quantitative estimate of drug-likeness (QED) is 0.443. The summed E-state index contributed by atoms with van der Waals surface area (Å²) >= 11 is 0. The molecule has 0 bridgehead atoms. The van der Waals surface area contributed by atoms with Gasteiger partial charge in [-0.3, -0.25) is 4.79 Å². The molecule has 0 aromatic rings. The van der Waals surface area contributed by atoms with Gasteiger partial charge in [0.2, 0.25) is 0 Å². The number of ether oxygens (including phenoxy) is 3. The van der Waals surface area contributed by atoms with E-state index in [4.69, 9.17) is 14.2 Å². The maximum atomic E-state index is 11.0. The summed E-state index contributed by atoms with van der Waals surface area (Å²) in [5.41, 5.74) is 0. The molecule has 0 spiro atoms. The highest BCUT2D eigenvalue weighted by atomic mass is 16.7. The third-order valence-electron chi connectivity index (χ3n) is 2.26. The normalized spacial score (nSPS) is 24.4.